The Bertz CT molecular complexity index is 1010. The first-order valence-electron chi connectivity index (χ1n) is 8.66. The van der Waals surface area contributed by atoms with Crippen LogP contribution in [0.2, 0.25) is 0 Å². The Morgan fingerprint density at radius 1 is 1.29 bits per heavy atom. The predicted octanol–water partition coefficient (Wildman–Crippen LogP) is 1.50. The second-order valence-corrected chi connectivity index (χ2v) is 8.74. The van der Waals surface area contributed by atoms with Crippen molar-refractivity contribution >= 4 is 15.9 Å². The van der Waals surface area contributed by atoms with Gasteiger partial charge in [-0.3, -0.25) is 4.79 Å². The van der Waals surface area contributed by atoms with E-state index in [1.54, 1.807) is 17.0 Å². The van der Waals surface area contributed by atoms with Gasteiger partial charge in [0.15, 0.2) is 0 Å². The molecule has 1 aromatic heterocycles. The van der Waals surface area contributed by atoms with Gasteiger partial charge < -0.3 is 9.64 Å². The molecule has 0 radical (unpaired) electrons. The molecule has 0 aliphatic carbocycles. The highest BCUT2D eigenvalue weighted by Crippen LogP contribution is 2.20. The van der Waals surface area contributed by atoms with Gasteiger partial charge in [0.25, 0.3) is 5.91 Å². The molecular formula is C19H20N4O4S. The largest absolute Gasteiger partial charge is 0.472 e. The number of sulfonamides is 1. The molecule has 0 bridgehead atoms. The minimum atomic E-state index is -3.53. The zero-order chi connectivity index (χ0) is 20.3. The van der Waals surface area contributed by atoms with E-state index in [1.807, 2.05) is 6.07 Å². The SMILES string of the molecule is CN(C)S(=O)(=O)c1ccc(C(=O)N2CCC(Oc3cc(C#N)ccn3)C2)cc1. The van der Waals surface area contributed by atoms with Crippen molar-refractivity contribution in [2.75, 3.05) is 27.2 Å². The van der Waals surface area contributed by atoms with Crippen LogP contribution in [0.4, 0.5) is 0 Å². The van der Waals surface area contributed by atoms with Crippen LogP contribution in [-0.2, 0) is 10.0 Å². The molecule has 1 aliphatic rings. The molecule has 8 nitrogen and oxygen atoms in total. The van der Waals surface area contributed by atoms with E-state index in [2.05, 4.69) is 4.98 Å². The summed E-state index contributed by atoms with van der Waals surface area (Å²) in [5, 5.41) is 8.94. The van der Waals surface area contributed by atoms with Gasteiger partial charge in [-0.2, -0.15) is 5.26 Å². The Balaban J connectivity index is 1.65. The highest BCUT2D eigenvalue weighted by Gasteiger charge is 2.29. The van der Waals surface area contributed by atoms with Crippen molar-refractivity contribution in [2.24, 2.45) is 0 Å². The lowest BCUT2D eigenvalue weighted by Crippen LogP contribution is -2.31. The van der Waals surface area contributed by atoms with Crippen molar-refractivity contribution in [3.05, 3.63) is 53.7 Å². The molecule has 1 fully saturated rings. The molecule has 146 valence electrons. The lowest BCUT2D eigenvalue weighted by Gasteiger charge is -2.17. The molecule has 0 spiro atoms. The fourth-order valence-electron chi connectivity index (χ4n) is 2.89. The summed E-state index contributed by atoms with van der Waals surface area (Å²) in [6.45, 7) is 0.925. The molecule has 28 heavy (non-hydrogen) atoms. The summed E-state index contributed by atoms with van der Waals surface area (Å²) in [5.41, 5.74) is 0.881. The van der Waals surface area contributed by atoms with Crippen LogP contribution in [0.25, 0.3) is 0 Å². The maximum atomic E-state index is 12.7. The van der Waals surface area contributed by atoms with E-state index < -0.39 is 10.0 Å². The summed E-state index contributed by atoms with van der Waals surface area (Å²) < 4.78 is 31.1. The molecule has 0 saturated carbocycles. The number of hydrogen-bond donors (Lipinski definition) is 0. The predicted molar refractivity (Wildman–Crippen MR) is 101 cm³/mol. The first kappa shape index (κ1) is 19.8. The third-order valence-corrected chi connectivity index (χ3v) is 6.29. The van der Waals surface area contributed by atoms with Crippen molar-refractivity contribution in [1.29, 1.82) is 5.26 Å². The number of likely N-dealkylation sites (tertiary alicyclic amines) is 1. The van der Waals surface area contributed by atoms with Crippen molar-refractivity contribution < 1.29 is 17.9 Å². The van der Waals surface area contributed by atoms with Crippen molar-refractivity contribution in [1.82, 2.24) is 14.2 Å². The zero-order valence-electron chi connectivity index (χ0n) is 15.6. The molecule has 1 aliphatic heterocycles. The van der Waals surface area contributed by atoms with Gasteiger partial charge in [-0.15, -0.1) is 0 Å². The fourth-order valence-corrected chi connectivity index (χ4v) is 3.79. The summed E-state index contributed by atoms with van der Waals surface area (Å²) in [4.78, 5) is 18.6. The summed E-state index contributed by atoms with van der Waals surface area (Å²) in [5.74, 6) is 0.176. The van der Waals surface area contributed by atoms with Crippen molar-refractivity contribution in [3.8, 4) is 11.9 Å². The monoisotopic (exact) mass is 400 g/mol. The molecule has 1 atom stereocenters. The summed E-state index contributed by atoms with van der Waals surface area (Å²) in [7, 11) is -0.612. The van der Waals surface area contributed by atoms with Crippen molar-refractivity contribution in [2.45, 2.75) is 17.4 Å². The van der Waals surface area contributed by atoms with Gasteiger partial charge in [0.2, 0.25) is 15.9 Å². The van der Waals surface area contributed by atoms with Crippen LogP contribution in [0.15, 0.2) is 47.5 Å². The smallest absolute Gasteiger partial charge is 0.253 e. The Kier molecular flexibility index (Phi) is 5.63. The quantitative estimate of drug-likeness (QED) is 0.753. The summed E-state index contributed by atoms with van der Waals surface area (Å²) in [6.07, 6.45) is 1.95. The molecule has 0 N–H and O–H groups in total. The maximum absolute atomic E-state index is 12.7. The van der Waals surface area contributed by atoms with E-state index in [9.17, 15) is 13.2 Å². The van der Waals surface area contributed by atoms with Crippen LogP contribution in [0.5, 0.6) is 5.88 Å². The van der Waals surface area contributed by atoms with E-state index >= 15 is 0 Å². The van der Waals surface area contributed by atoms with Crippen molar-refractivity contribution in [3.63, 3.8) is 0 Å². The van der Waals surface area contributed by atoms with Gasteiger partial charge in [-0.05, 0) is 30.3 Å². The number of ether oxygens (including phenoxy) is 1. The number of hydrogen-bond acceptors (Lipinski definition) is 6. The number of carbonyl (C=O) groups is 1. The number of amides is 1. The first-order chi connectivity index (χ1) is 13.3. The third kappa shape index (κ3) is 4.13. The Morgan fingerprint density at radius 3 is 2.64 bits per heavy atom. The average molecular weight is 400 g/mol. The van der Waals surface area contributed by atoms with Crippen LogP contribution in [0.3, 0.4) is 0 Å². The van der Waals surface area contributed by atoms with Gasteiger partial charge in [0, 0.05) is 44.9 Å². The van der Waals surface area contributed by atoms with Gasteiger partial charge in [0.1, 0.15) is 6.10 Å². The topological polar surface area (TPSA) is 104 Å². The number of benzene rings is 1. The van der Waals surface area contributed by atoms with Gasteiger partial charge in [0.05, 0.1) is 23.1 Å². The summed E-state index contributed by atoms with van der Waals surface area (Å²) in [6, 6.07) is 11.1. The number of nitriles is 1. The minimum Gasteiger partial charge on any atom is -0.472 e. The number of carbonyl (C=O) groups excluding carboxylic acids is 1. The Hall–Kier alpha value is -2.96. The Labute approximate surface area is 164 Å². The molecule has 1 unspecified atom stereocenters. The van der Waals surface area contributed by atoms with Crippen LogP contribution in [-0.4, -0.2) is 61.8 Å². The molecule has 2 aromatic rings. The third-order valence-electron chi connectivity index (χ3n) is 4.46. The molecule has 9 heteroatoms. The number of pyridine rings is 1. The average Bonchev–Trinajstić information content (AvgIpc) is 3.16. The number of aromatic nitrogens is 1. The number of nitrogens with zero attached hydrogens (tertiary/aromatic N) is 4. The minimum absolute atomic E-state index is 0.139. The van der Waals surface area contributed by atoms with E-state index in [4.69, 9.17) is 10.00 Å². The molecular weight excluding hydrogens is 380 g/mol. The van der Waals surface area contributed by atoms with E-state index in [1.165, 1.54) is 44.6 Å². The van der Waals surface area contributed by atoms with Gasteiger partial charge >= 0.3 is 0 Å². The molecule has 2 heterocycles. The van der Waals surface area contributed by atoms with Gasteiger partial charge in [-0.25, -0.2) is 17.7 Å². The second-order valence-electron chi connectivity index (χ2n) is 6.59. The van der Waals surface area contributed by atoms with Crippen LogP contribution in [0, 0.1) is 11.3 Å². The highest BCUT2D eigenvalue weighted by molar-refractivity contribution is 7.89. The lowest BCUT2D eigenvalue weighted by molar-refractivity contribution is 0.0771. The van der Waals surface area contributed by atoms with E-state index in [0.717, 1.165) is 4.31 Å². The fraction of sp³-hybridized carbons (Fsp3) is 0.316. The van der Waals surface area contributed by atoms with Crippen LogP contribution in [0.1, 0.15) is 22.3 Å². The van der Waals surface area contributed by atoms with Crippen LogP contribution < -0.4 is 4.74 Å². The second kappa shape index (κ2) is 7.96. The van der Waals surface area contributed by atoms with Crippen LogP contribution >= 0.6 is 0 Å². The normalized spacial score (nSPS) is 16.8. The Morgan fingerprint density at radius 2 is 2.00 bits per heavy atom. The highest BCUT2D eigenvalue weighted by atomic mass is 32.2. The molecule has 1 amide bonds. The summed E-state index contributed by atoms with van der Waals surface area (Å²) >= 11 is 0. The molecule has 3 rings (SSSR count). The zero-order valence-corrected chi connectivity index (χ0v) is 16.4. The maximum Gasteiger partial charge on any atom is 0.253 e. The first-order valence-corrected chi connectivity index (χ1v) is 10.1. The standard InChI is InChI=1S/C19H20N4O4S/c1-22(2)28(25,26)17-5-3-15(4-6-17)19(24)23-10-8-16(13-23)27-18-11-14(12-20)7-9-21-18/h3-7,9,11,16H,8,10,13H2,1-2H3. The van der Waals surface area contributed by atoms with Gasteiger partial charge in [-0.1, -0.05) is 0 Å². The molecule has 1 aromatic carbocycles. The van der Waals surface area contributed by atoms with E-state index in [0.29, 0.717) is 36.5 Å². The molecule has 1 saturated heterocycles. The lowest BCUT2D eigenvalue weighted by atomic mass is 10.2. The van der Waals surface area contributed by atoms with E-state index in [-0.39, 0.29) is 16.9 Å². The number of rotatable bonds is 5.